The maximum Gasteiger partial charge on any atom is 0.231 e. The molecule has 4 atom stereocenters. The molecule has 5 rings (SSSR count). The predicted molar refractivity (Wildman–Crippen MR) is 117 cm³/mol. The number of carbonyl (C=O) groups excluding carboxylic acids is 4. The third-order valence-electron chi connectivity index (χ3n) is 6.78. The highest BCUT2D eigenvalue weighted by molar-refractivity contribution is 9.12. The maximum absolute atomic E-state index is 13.1. The van der Waals surface area contributed by atoms with Crippen molar-refractivity contribution in [3.63, 3.8) is 0 Å². The summed E-state index contributed by atoms with van der Waals surface area (Å²) in [5, 5.41) is 12.6. The topological polar surface area (TPSA) is 110 Å². The van der Waals surface area contributed by atoms with Gasteiger partial charge in [0.25, 0.3) is 0 Å². The Morgan fingerprint density at radius 3 is 2.62 bits per heavy atom. The summed E-state index contributed by atoms with van der Waals surface area (Å²) >= 11 is 9.42. The summed E-state index contributed by atoms with van der Waals surface area (Å²) in [6.07, 6.45) is 3.70. The van der Waals surface area contributed by atoms with Crippen molar-refractivity contribution in [1.29, 1.82) is 0 Å². The fraction of sp³-hybridized carbons (Fsp3) is 0.304. The van der Waals surface area contributed by atoms with Crippen LogP contribution in [-0.4, -0.2) is 35.6 Å². The Kier molecular flexibility index (Phi) is 4.90. The van der Waals surface area contributed by atoms with Crippen molar-refractivity contribution in [2.45, 2.75) is 18.8 Å². The second-order valence-corrected chi connectivity index (χ2v) is 9.56. The number of phenolic OH excluding ortho intramolecular Hbond substituents is 1. The maximum atomic E-state index is 13.1. The molecule has 1 saturated heterocycles. The van der Waals surface area contributed by atoms with E-state index in [2.05, 4.69) is 21.2 Å². The van der Waals surface area contributed by atoms with Crippen LogP contribution < -0.4 is 10.1 Å². The zero-order chi connectivity index (χ0) is 22.9. The van der Waals surface area contributed by atoms with E-state index in [1.54, 1.807) is 6.07 Å². The normalized spacial score (nSPS) is 29.1. The van der Waals surface area contributed by atoms with Crippen molar-refractivity contribution in [1.82, 2.24) is 5.32 Å². The number of aromatic hydroxyl groups is 1. The number of hydrogen-bond acceptors (Lipinski definition) is 6. The molecule has 0 saturated carbocycles. The van der Waals surface area contributed by atoms with E-state index in [-0.39, 0.29) is 50.8 Å². The van der Waals surface area contributed by atoms with Gasteiger partial charge in [0.15, 0.2) is 23.1 Å². The van der Waals surface area contributed by atoms with Crippen LogP contribution in [0.2, 0.25) is 5.02 Å². The first-order valence-electron chi connectivity index (χ1n) is 10.0. The Bertz CT molecular complexity index is 1230. The van der Waals surface area contributed by atoms with E-state index < -0.39 is 23.7 Å². The highest BCUT2D eigenvalue weighted by Gasteiger charge is 2.53. The minimum absolute atomic E-state index is 0.0398. The van der Waals surface area contributed by atoms with Gasteiger partial charge in [0, 0.05) is 23.1 Å². The lowest BCUT2D eigenvalue weighted by Gasteiger charge is -2.42. The Morgan fingerprint density at radius 2 is 1.91 bits per heavy atom. The van der Waals surface area contributed by atoms with Crippen LogP contribution in [0, 0.1) is 17.8 Å². The number of amides is 2. The van der Waals surface area contributed by atoms with Gasteiger partial charge in [-0.1, -0.05) is 23.3 Å². The van der Waals surface area contributed by atoms with Gasteiger partial charge in [-0.3, -0.25) is 24.5 Å². The number of halogens is 2. The van der Waals surface area contributed by atoms with E-state index in [1.807, 2.05) is 6.08 Å². The summed E-state index contributed by atoms with van der Waals surface area (Å²) in [4.78, 5) is 51.1. The number of hydrogen-bond donors (Lipinski definition) is 2. The number of methoxy groups -OCH3 is 1. The summed E-state index contributed by atoms with van der Waals surface area (Å²) in [6, 6.07) is 3.12. The molecule has 1 aliphatic heterocycles. The molecule has 1 heterocycles. The van der Waals surface area contributed by atoms with Gasteiger partial charge >= 0.3 is 0 Å². The monoisotopic (exact) mass is 517 g/mol. The Labute approximate surface area is 196 Å². The molecule has 1 aromatic carbocycles. The van der Waals surface area contributed by atoms with Gasteiger partial charge in [0.05, 0.1) is 28.5 Å². The first-order chi connectivity index (χ1) is 15.2. The highest BCUT2D eigenvalue weighted by atomic mass is 79.9. The van der Waals surface area contributed by atoms with Gasteiger partial charge in [-0.15, -0.1) is 0 Å². The highest BCUT2D eigenvalue weighted by Crippen LogP contribution is 2.55. The average Bonchev–Trinajstić information content (AvgIpc) is 3.06. The van der Waals surface area contributed by atoms with Crippen molar-refractivity contribution in [3.05, 3.63) is 56.1 Å². The molecular weight excluding hydrogens is 502 g/mol. The van der Waals surface area contributed by atoms with E-state index in [0.29, 0.717) is 23.1 Å². The van der Waals surface area contributed by atoms with Crippen LogP contribution >= 0.6 is 27.5 Å². The van der Waals surface area contributed by atoms with Crippen LogP contribution in [0.5, 0.6) is 11.5 Å². The molecular formula is C23H17BrClNO6. The summed E-state index contributed by atoms with van der Waals surface area (Å²) < 4.78 is 5.41. The summed E-state index contributed by atoms with van der Waals surface area (Å²) in [6.45, 7) is 0. The van der Waals surface area contributed by atoms with E-state index >= 15 is 0 Å². The lowest BCUT2D eigenvalue weighted by molar-refractivity contribution is -0.126. The SMILES string of the molecule is COc1cc([C@H]2C3=CC[C@@H]4C(=O)NC(=O)[C@@H]4[C@@H]3CC3=C2C(=O)C=C(Br)C3=O)cc(Cl)c1O. The molecule has 0 spiro atoms. The van der Waals surface area contributed by atoms with Gasteiger partial charge in [-0.2, -0.15) is 0 Å². The molecule has 9 heteroatoms. The number of imide groups is 1. The van der Waals surface area contributed by atoms with Crippen LogP contribution in [-0.2, 0) is 19.2 Å². The lowest BCUT2D eigenvalue weighted by Crippen LogP contribution is -2.39. The molecule has 1 aromatic rings. The zero-order valence-corrected chi connectivity index (χ0v) is 19.1. The molecule has 0 bridgehead atoms. The number of fused-ring (bicyclic) bond motifs is 3. The summed E-state index contributed by atoms with van der Waals surface area (Å²) in [5.74, 6) is -3.58. The molecule has 1 fully saturated rings. The molecule has 7 nitrogen and oxygen atoms in total. The standard InChI is InChI=1S/C23H17BrClNO6/c1-32-16-5-8(4-14(25)21(16)29)17-9-2-3-10-18(23(31)26-22(10)30)11(9)6-12-19(17)15(27)7-13(24)20(12)28/h2,4-5,7,10-11,17-18,29H,3,6H2,1H3,(H,26,30,31)/t10-,11+,17-,18-/m0/s1. The molecule has 0 aromatic heterocycles. The zero-order valence-electron chi connectivity index (χ0n) is 16.8. The predicted octanol–water partition coefficient (Wildman–Crippen LogP) is 3.10. The van der Waals surface area contributed by atoms with Crippen LogP contribution in [0.4, 0.5) is 0 Å². The van der Waals surface area contributed by atoms with E-state index in [0.717, 1.165) is 5.57 Å². The van der Waals surface area contributed by atoms with E-state index in [1.165, 1.54) is 19.3 Å². The number of rotatable bonds is 2. The van der Waals surface area contributed by atoms with Crippen LogP contribution in [0.25, 0.3) is 0 Å². The Morgan fingerprint density at radius 1 is 1.16 bits per heavy atom. The number of Topliss-reactive ketones (excluding diaryl/α,β-unsaturated/α-hetero) is 1. The van der Waals surface area contributed by atoms with Crippen LogP contribution in [0.15, 0.2) is 45.5 Å². The van der Waals surface area contributed by atoms with Gasteiger partial charge in [0.2, 0.25) is 11.8 Å². The third-order valence-corrected chi connectivity index (χ3v) is 7.66. The molecule has 2 amide bonds. The van der Waals surface area contributed by atoms with Crippen molar-refractivity contribution in [3.8, 4) is 11.5 Å². The summed E-state index contributed by atoms with van der Waals surface area (Å²) in [7, 11) is 1.39. The second-order valence-electron chi connectivity index (χ2n) is 8.30. The first-order valence-corrected chi connectivity index (χ1v) is 11.2. The number of phenols is 1. The van der Waals surface area contributed by atoms with Gasteiger partial charge < -0.3 is 9.84 Å². The van der Waals surface area contributed by atoms with Crippen molar-refractivity contribution in [2.75, 3.05) is 7.11 Å². The fourth-order valence-electron chi connectivity index (χ4n) is 5.41. The van der Waals surface area contributed by atoms with Gasteiger partial charge in [-0.25, -0.2) is 0 Å². The van der Waals surface area contributed by atoms with Crippen LogP contribution in [0.3, 0.4) is 0 Å². The largest absolute Gasteiger partial charge is 0.503 e. The van der Waals surface area contributed by atoms with Crippen molar-refractivity contribution in [2.24, 2.45) is 17.8 Å². The average molecular weight is 519 g/mol. The molecule has 164 valence electrons. The molecule has 0 unspecified atom stereocenters. The molecule has 4 aliphatic rings. The van der Waals surface area contributed by atoms with Crippen LogP contribution in [0.1, 0.15) is 24.3 Å². The molecule has 3 aliphatic carbocycles. The number of nitrogens with one attached hydrogen (secondary N) is 1. The van der Waals surface area contributed by atoms with E-state index in [9.17, 15) is 24.3 Å². The molecule has 0 radical (unpaired) electrons. The number of ketones is 2. The second kappa shape index (κ2) is 7.42. The minimum Gasteiger partial charge on any atom is -0.503 e. The van der Waals surface area contributed by atoms with Crippen molar-refractivity contribution < 1.29 is 29.0 Å². The van der Waals surface area contributed by atoms with E-state index in [4.69, 9.17) is 16.3 Å². The number of ether oxygens (including phenoxy) is 1. The minimum atomic E-state index is -0.659. The van der Waals surface area contributed by atoms with Crippen molar-refractivity contribution >= 4 is 50.9 Å². The quantitative estimate of drug-likeness (QED) is 0.354. The lowest BCUT2D eigenvalue weighted by atomic mass is 9.59. The van der Waals surface area contributed by atoms with Gasteiger partial charge in [0.1, 0.15) is 0 Å². The molecule has 32 heavy (non-hydrogen) atoms. The third kappa shape index (κ3) is 2.93. The number of carbonyl (C=O) groups is 4. The molecule has 2 N–H and O–H groups in total. The Hall–Kier alpha value is -2.71. The smallest absolute Gasteiger partial charge is 0.231 e. The number of benzene rings is 1. The Balaban J connectivity index is 1.74. The number of allylic oxidation sites excluding steroid dienone is 6. The first kappa shape index (κ1) is 21.2. The van der Waals surface area contributed by atoms with Gasteiger partial charge in [-0.05, 0) is 52.4 Å². The summed E-state index contributed by atoms with van der Waals surface area (Å²) in [5.41, 5.74) is 2.01. The fourth-order valence-corrected chi connectivity index (χ4v) is 6.08.